The van der Waals surface area contributed by atoms with Crippen molar-refractivity contribution in [3.63, 3.8) is 0 Å². The van der Waals surface area contributed by atoms with Gasteiger partial charge in [0.1, 0.15) is 18.3 Å². The number of aliphatic hydroxyl groups excluding tert-OH is 1. The van der Waals surface area contributed by atoms with Crippen molar-refractivity contribution >= 4 is 5.97 Å². The highest BCUT2D eigenvalue weighted by atomic mass is 16.8. The van der Waals surface area contributed by atoms with Gasteiger partial charge in [-0.05, 0) is 33.1 Å². The van der Waals surface area contributed by atoms with Crippen LogP contribution in [0.4, 0.5) is 0 Å². The molecule has 2 aliphatic heterocycles. The van der Waals surface area contributed by atoms with Gasteiger partial charge in [0.05, 0.1) is 6.10 Å². The molecule has 5 nitrogen and oxygen atoms in total. The van der Waals surface area contributed by atoms with E-state index in [0.717, 1.165) is 19.3 Å². The largest absolute Gasteiger partial charge is 0.459 e. The van der Waals surface area contributed by atoms with Gasteiger partial charge in [0.25, 0.3) is 0 Å². The molecule has 0 aromatic heterocycles. The summed E-state index contributed by atoms with van der Waals surface area (Å²) in [6.45, 7) is 5.80. The third-order valence-electron chi connectivity index (χ3n) is 3.82. The van der Waals surface area contributed by atoms with Crippen molar-refractivity contribution in [2.75, 3.05) is 0 Å². The maximum Gasteiger partial charge on any atom is 0.306 e. The lowest BCUT2D eigenvalue weighted by Gasteiger charge is -2.26. The van der Waals surface area contributed by atoms with Crippen LogP contribution in [0.25, 0.3) is 0 Å². The molecule has 120 valence electrons. The van der Waals surface area contributed by atoms with Gasteiger partial charge in [-0.2, -0.15) is 0 Å². The molecule has 0 aromatic rings. The summed E-state index contributed by atoms with van der Waals surface area (Å²) in [6.07, 6.45) is 5.30. The lowest BCUT2D eigenvalue weighted by molar-refractivity contribution is -0.171. The lowest BCUT2D eigenvalue weighted by atomic mass is 10.0. The first kappa shape index (κ1) is 16.5. The van der Waals surface area contributed by atoms with E-state index in [1.807, 2.05) is 19.9 Å². The number of cyclic esters (lactones) is 1. The summed E-state index contributed by atoms with van der Waals surface area (Å²) in [6, 6.07) is 0. The Morgan fingerprint density at radius 2 is 2.10 bits per heavy atom. The summed E-state index contributed by atoms with van der Waals surface area (Å²) in [5.74, 6) is -0.993. The fraction of sp³-hybridized carbons (Fsp3) is 0.812. The maximum atomic E-state index is 11.9. The number of unbranched alkanes of at least 4 members (excludes halogenated alkanes) is 1. The molecule has 0 aliphatic carbocycles. The van der Waals surface area contributed by atoms with Crippen molar-refractivity contribution in [1.29, 1.82) is 0 Å². The molecule has 1 saturated heterocycles. The van der Waals surface area contributed by atoms with E-state index >= 15 is 0 Å². The fourth-order valence-electron chi connectivity index (χ4n) is 2.78. The van der Waals surface area contributed by atoms with Gasteiger partial charge >= 0.3 is 5.97 Å². The average Bonchev–Trinajstić information content (AvgIpc) is 2.73. The molecule has 2 heterocycles. The number of rotatable bonds is 3. The van der Waals surface area contributed by atoms with Crippen molar-refractivity contribution in [2.24, 2.45) is 0 Å². The third-order valence-corrected chi connectivity index (χ3v) is 3.82. The minimum Gasteiger partial charge on any atom is -0.459 e. The molecule has 0 saturated carbocycles. The fourth-order valence-corrected chi connectivity index (χ4v) is 2.78. The lowest BCUT2D eigenvalue weighted by Crippen LogP contribution is -2.38. The number of hydrogen-bond acceptors (Lipinski definition) is 5. The van der Waals surface area contributed by atoms with Crippen molar-refractivity contribution in [3.05, 3.63) is 12.2 Å². The molecule has 21 heavy (non-hydrogen) atoms. The number of aliphatic hydroxyl groups is 1. The second-order valence-electron chi connectivity index (χ2n) is 6.23. The zero-order valence-electron chi connectivity index (χ0n) is 13.1. The quantitative estimate of drug-likeness (QED) is 0.640. The van der Waals surface area contributed by atoms with Crippen molar-refractivity contribution in [3.8, 4) is 0 Å². The van der Waals surface area contributed by atoms with E-state index in [1.165, 1.54) is 0 Å². The Kier molecular flexibility index (Phi) is 5.41. The number of esters is 1. The van der Waals surface area contributed by atoms with Gasteiger partial charge in [-0.1, -0.05) is 25.5 Å². The van der Waals surface area contributed by atoms with Crippen LogP contribution in [0.3, 0.4) is 0 Å². The number of fused-ring (bicyclic) bond motifs is 1. The summed E-state index contributed by atoms with van der Waals surface area (Å²) in [5.41, 5.74) is 0. The van der Waals surface area contributed by atoms with Crippen LogP contribution in [0.5, 0.6) is 0 Å². The molecule has 0 spiro atoms. The van der Waals surface area contributed by atoms with Crippen LogP contribution in [-0.4, -0.2) is 41.3 Å². The van der Waals surface area contributed by atoms with Gasteiger partial charge in [0, 0.05) is 6.42 Å². The first-order valence-electron chi connectivity index (χ1n) is 7.83. The van der Waals surface area contributed by atoms with Crippen LogP contribution < -0.4 is 0 Å². The smallest absolute Gasteiger partial charge is 0.306 e. The monoisotopic (exact) mass is 298 g/mol. The zero-order chi connectivity index (χ0) is 15.5. The third kappa shape index (κ3) is 4.53. The Morgan fingerprint density at radius 3 is 2.81 bits per heavy atom. The Bertz CT molecular complexity index is 390. The average molecular weight is 298 g/mol. The van der Waals surface area contributed by atoms with E-state index in [4.69, 9.17) is 14.2 Å². The number of carbonyl (C=O) groups is 1. The van der Waals surface area contributed by atoms with Gasteiger partial charge < -0.3 is 19.3 Å². The van der Waals surface area contributed by atoms with Gasteiger partial charge in [-0.15, -0.1) is 0 Å². The predicted octanol–water partition coefficient (Wildman–Crippen LogP) is 2.32. The molecule has 2 aliphatic rings. The van der Waals surface area contributed by atoms with Gasteiger partial charge in [0.2, 0.25) is 0 Å². The normalized spacial score (nSPS) is 37.6. The molecule has 0 bridgehead atoms. The van der Waals surface area contributed by atoms with E-state index in [1.54, 1.807) is 6.08 Å². The zero-order valence-corrected chi connectivity index (χ0v) is 13.1. The number of hydrogen-bond donors (Lipinski definition) is 1. The molecule has 1 fully saturated rings. The van der Waals surface area contributed by atoms with Crippen molar-refractivity contribution < 1.29 is 24.1 Å². The Morgan fingerprint density at radius 1 is 1.33 bits per heavy atom. The van der Waals surface area contributed by atoms with E-state index in [9.17, 15) is 9.90 Å². The van der Waals surface area contributed by atoms with E-state index < -0.39 is 11.9 Å². The SMILES string of the molecule is CCCC[C@@H]1OC(=O)CC[C@@H](O)/C=C/[C@H]2OC(C)(C)O[C@@H]12. The topological polar surface area (TPSA) is 65.0 Å². The summed E-state index contributed by atoms with van der Waals surface area (Å²) < 4.78 is 17.4. The summed E-state index contributed by atoms with van der Waals surface area (Å²) in [4.78, 5) is 11.9. The van der Waals surface area contributed by atoms with Gasteiger partial charge in [-0.25, -0.2) is 0 Å². The van der Waals surface area contributed by atoms with Crippen LogP contribution in [0.2, 0.25) is 0 Å². The molecular weight excluding hydrogens is 272 g/mol. The Labute approximate surface area is 126 Å². The molecule has 2 rings (SSSR count). The van der Waals surface area contributed by atoms with Crippen LogP contribution in [0.1, 0.15) is 52.9 Å². The second kappa shape index (κ2) is 6.90. The van der Waals surface area contributed by atoms with Crippen LogP contribution in [-0.2, 0) is 19.0 Å². The first-order valence-corrected chi connectivity index (χ1v) is 7.83. The van der Waals surface area contributed by atoms with Crippen molar-refractivity contribution in [2.45, 2.75) is 83.1 Å². The van der Waals surface area contributed by atoms with Crippen LogP contribution >= 0.6 is 0 Å². The first-order chi connectivity index (χ1) is 9.91. The number of carbonyl (C=O) groups excluding carboxylic acids is 1. The molecule has 0 radical (unpaired) electrons. The molecule has 4 atom stereocenters. The summed E-state index contributed by atoms with van der Waals surface area (Å²) >= 11 is 0. The van der Waals surface area contributed by atoms with Crippen molar-refractivity contribution in [1.82, 2.24) is 0 Å². The second-order valence-corrected chi connectivity index (χ2v) is 6.23. The van der Waals surface area contributed by atoms with E-state index in [-0.39, 0.29) is 30.7 Å². The molecule has 1 N–H and O–H groups in total. The van der Waals surface area contributed by atoms with E-state index in [2.05, 4.69) is 6.92 Å². The molecule has 0 unspecified atom stereocenters. The summed E-state index contributed by atoms with van der Waals surface area (Å²) in [7, 11) is 0. The van der Waals surface area contributed by atoms with Gasteiger partial charge in [0.15, 0.2) is 5.79 Å². The van der Waals surface area contributed by atoms with Crippen LogP contribution in [0.15, 0.2) is 12.2 Å². The van der Waals surface area contributed by atoms with Gasteiger partial charge in [-0.3, -0.25) is 4.79 Å². The molecule has 0 aromatic carbocycles. The summed E-state index contributed by atoms with van der Waals surface area (Å²) in [5, 5.41) is 9.82. The minimum absolute atomic E-state index is 0.218. The van der Waals surface area contributed by atoms with E-state index in [0.29, 0.717) is 6.42 Å². The highest BCUT2D eigenvalue weighted by Gasteiger charge is 2.45. The predicted molar refractivity (Wildman–Crippen MR) is 77.6 cm³/mol. The Balaban J connectivity index is 2.21. The molecule has 5 heteroatoms. The standard InChI is InChI=1S/C16H26O5/c1-4-5-6-12-15-13(20-16(2,3)21-15)9-7-11(17)8-10-14(18)19-12/h7,9,11-13,15,17H,4-6,8,10H2,1-3H3/b9-7+/t11-,12-,13+,15-/m0/s1. The number of ether oxygens (including phenoxy) is 3. The molecule has 0 amide bonds. The Hall–Kier alpha value is -0.910. The van der Waals surface area contributed by atoms with Crippen LogP contribution in [0, 0.1) is 0 Å². The highest BCUT2D eigenvalue weighted by molar-refractivity contribution is 5.69. The maximum absolute atomic E-state index is 11.9. The minimum atomic E-state index is -0.713. The highest BCUT2D eigenvalue weighted by Crippen LogP contribution is 2.34. The molecular formula is C16H26O5.